The number of hydrogen-bond acceptors (Lipinski definition) is 4. The standard InChI is InChI=1S/C5H9F2N3O2S/c6-5(7,4(12)10-9)2-13-1-3(8)11/h1-2,9H2,(H2,8,11)(H,10,12). The lowest BCUT2D eigenvalue weighted by Crippen LogP contribution is -2.45. The lowest BCUT2D eigenvalue weighted by atomic mass is 10.4. The molecule has 0 spiro atoms. The summed E-state index contributed by atoms with van der Waals surface area (Å²) in [5, 5.41) is 0. The number of amides is 2. The Labute approximate surface area is 77.2 Å². The summed E-state index contributed by atoms with van der Waals surface area (Å²) in [4.78, 5) is 20.5. The van der Waals surface area contributed by atoms with Crippen LogP contribution in [-0.2, 0) is 9.59 Å². The fraction of sp³-hybridized carbons (Fsp3) is 0.600. The smallest absolute Gasteiger partial charge is 0.334 e. The summed E-state index contributed by atoms with van der Waals surface area (Å²) in [5.41, 5.74) is 6.03. The van der Waals surface area contributed by atoms with Gasteiger partial charge in [-0.05, 0) is 0 Å². The van der Waals surface area contributed by atoms with Crippen molar-refractivity contribution >= 4 is 23.6 Å². The fourth-order valence-corrected chi connectivity index (χ4v) is 1.14. The van der Waals surface area contributed by atoms with Crippen molar-refractivity contribution in [2.45, 2.75) is 5.92 Å². The molecule has 0 rings (SSSR count). The number of halogens is 2. The molecular weight excluding hydrogens is 204 g/mol. The minimum absolute atomic E-state index is 0.257. The van der Waals surface area contributed by atoms with Crippen molar-refractivity contribution in [2.75, 3.05) is 11.5 Å². The topological polar surface area (TPSA) is 98.2 Å². The number of thioether (sulfide) groups is 1. The fourth-order valence-electron chi connectivity index (χ4n) is 0.451. The van der Waals surface area contributed by atoms with Gasteiger partial charge in [-0.3, -0.25) is 15.0 Å². The molecule has 5 nitrogen and oxygen atoms in total. The van der Waals surface area contributed by atoms with Gasteiger partial charge >= 0.3 is 11.8 Å². The third-order valence-corrected chi connectivity index (χ3v) is 2.05. The summed E-state index contributed by atoms with van der Waals surface area (Å²) in [7, 11) is 0. The lowest BCUT2D eigenvalue weighted by molar-refractivity contribution is -0.142. The van der Waals surface area contributed by atoms with E-state index < -0.39 is 23.5 Å². The zero-order valence-electron chi connectivity index (χ0n) is 6.55. The second-order valence-electron chi connectivity index (χ2n) is 2.14. The van der Waals surface area contributed by atoms with Crippen molar-refractivity contribution in [3.8, 4) is 0 Å². The minimum Gasteiger partial charge on any atom is -0.369 e. The van der Waals surface area contributed by atoms with E-state index >= 15 is 0 Å². The van der Waals surface area contributed by atoms with Gasteiger partial charge < -0.3 is 5.73 Å². The minimum atomic E-state index is -3.57. The van der Waals surface area contributed by atoms with Gasteiger partial charge in [-0.2, -0.15) is 8.78 Å². The first-order chi connectivity index (χ1) is 5.90. The first-order valence-electron chi connectivity index (χ1n) is 3.15. The molecule has 13 heavy (non-hydrogen) atoms. The van der Waals surface area contributed by atoms with E-state index in [4.69, 9.17) is 5.73 Å². The maximum Gasteiger partial charge on any atom is 0.334 e. The van der Waals surface area contributed by atoms with Crippen LogP contribution in [0, 0.1) is 0 Å². The second kappa shape index (κ2) is 4.97. The predicted octanol–water partition coefficient (Wildman–Crippen LogP) is -1.17. The summed E-state index contributed by atoms with van der Waals surface area (Å²) in [5.74, 6) is -2.44. The summed E-state index contributed by atoms with van der Waals surface area (Å²) >= 11 is 0.571. The van der Waals surface area contributed by atoms with Gasteiger partial charge in [0.15, 0.2) is 0 Å². The molecule has 5 N–H and O–H groups in total. The van der Waals surface area contributed by atoms with Crippen LogP contribution in [0.2, 0.25) is 0 Å². The van der Waals surface area contributed by atoms with E-state index in [1.807, 2.05) is 0 Å². The Hall–Kier alpha value is -0.890. The predicted molar refractivity (Wildman–Crippen MR) is 43.8 cm³/mol. The number of hydrogen-bond donors (Lipinski definition) is 3. The molecule has 0 aliphatic rings. The number of carbonyl (C=O) groups excluding carboxylic acids is 2. The molecule has 0 aliphatic carbocycles. The van der Waals surface area contributed by atoms with E-state index in [2.05, 4.69) is 5.84 Å². The van der Waals surface area contributed by atoms with E-state index in [-0.39, 0.29) is 5.75 Å². The largest absolute Gasteiger partial charge is 0.369 e. The van der Waals surface area contributed by atoms with Crippen LogP contribution in [0.4, 0.5) is 8.78 Å². The molecule has 0 heterocycles. The maximum absolute atomic E-state index is 12.6. The Bertz CT molecular complexity index is 212. The van der Waals surface area contributed by atoms with Gasteiger partial charge in [-0.15, -0.1) is 11.8 Å². The van der Waals surface area contributed by atoms with Crippen LogP contribution in [0.15, 0.2) is 0 Å². The van der Waals surface area contributed by atoms with Crippen LogP contribution in [0.1, 0.15) is 0 Å². The zero-order chi connectivity index (χ0) is 10.5. The van der Waals surface area contributed by atoms with Crippen LogP contribution in [0.3, 0.4) is 0 Å². The monoisotopic (exact) mass is 213 g/mol. The molecule has 0 aliphatic heterocycles. The normalized spacial score (nSPS) is 11.0. The number of carbonyl (C=O) groups is 2. The van der Waals surface area contributed by atoms with Gasteiger partial charge in [0, 0.05) is 0 Å². The second-order valence-corrected chi connectivity index (χ2v) is 3.12. The number of hydrazine groups is 1. The zero-order valence-corrected chi connectivity index (χ0v) is 7.37. The Morgan fingerprint density at radius 1 is 1.46 bits per heavy atom. The number of alkyl halides is 2. The molecule has 0 atom stereocenters. The van der Waals surface area contributed by atoms with Gasteiger partial charge in [-0.25, -0.2) is 5.84 Å². The van der Waals surface area contributed by atoms with Crippen LogP contribution in [-0.4, -0.2) is 29.2 Å². The third kappa shape index (κ3) is 4.63. The number of nitrogens with one attached hydrogen (secondary N) is 1. The Morgan fingerprint density at radius 2 is 2.00 bits per heavy atom. The van der Waals surface area contributed by atoms with E-state index in [0.717, 1.165) is 0 Å². The molecule has 0 aromatic rings. The summed E-state index contributed by atoms with van der Waals surface area (Å²) < 4.78 is 25.2. The molecule has 0 radical (unpaired) electrons. The van der Waals surface area contributed by atoms with E-state index in [9.17, 15) is 18.4 Å². The molecule has 0 bridgehead atoms. The van der Waals surface area contributed by atoms with Gasteiger partial charge in [0.2, 0.25) is 5.91 Å². The van der Waals surface area contributed by atoms with Crippen molar-refractivity contribution in [3.05, 3.63) is 0 Å². The van der Waals surface area contributed by atoms with Gasteiger partial charge in [0.05, 0.1) is 11.5 Å². The Kier molecular flexibility index (Phi) is 4.63. The van der Waals surface area contributed by atoms with Crippen LogP contribution in [0.5, 0.6) is 0 Å². The Morgan fingerprint density at radius 3 is 2.38 bits per heavy atom. The van der Waals surface area contributed by atoms with Crippen molar-refractivity contribution < 1.29 is 18.4 Å². The average molecular weight is 213 g/mol. The molecule has 76 valence electrons. The maximum atomic E-state index is 12.6. The van der Waals surface area contributed by atoms with Gasteiger partial charge in [-0.1, -0.05) is 0 Å². The summed E-state index contributed by atoms with van der Waals surface area (Å²) in [6.07, 6.45) is 0. The summed E-state index contributed by atoms with van der Waals surface area (Å²) in [6, 6.07) is 0. The number of rotatable bonds is 5. The molecular formula is C5H9F2N3O2S. The van der Waals surface area contributed by atoms with E-state index in [0.29, 0.717) is 11.8 Å². The van der Waals surface area contributed by atoms with Crippen molar-refractivity contribution in [1.82, 2.24) is 5.43 Å². The molecule has 0 saturated carbocycles. The van der Waals surface area contributed by atoms with Crippen LogP contribution in [0.25, 0.3) is 0 Å². The van der Waals surface area contributed by atoms with Gasteiger partial charge in [0.25, 0.3) is 0 Å². The molecule has 0 aromatic heterocycles. The highest BCUT2D eigenvalue weighted by Gasteiger charge is 2.38. The molecule has 0 aromatic carbocycles. The van der Waals surface area contributed by atoms with Crippen molar-refractivity contribution in [1.29, 1.82) is 0 Å². The molecule has 0 fully saturated rings. The highest BCUT2D eigenvalue weighted by atomic mass is 32.2. The first kappa shape index (κ1) is 12.1. The summed E-state index contributed by atoms with van der Waals surface area (Å²) in [6.45, 7) is 0. The van der Waals surface area contributed by atoms with E-state index in [1.54, 1.807) is 0 Å². The van der Waals surface area contributed by atoms with Crippen LogP contribution >= 0.6 is 11.8 Å². The van der Waals surface area contributed by atoms with Crippen molar-refractivity contribution in [2.24, 2.45) is 11.6 Å². The SMILES string of the molecule is NNC(=O)C(F)(F)CSCC(N)=O. The molecule has 8 heteroatoms. The third-order valence-electron chi connectivity index (χ3n) is 0.991. The quantitative estimate of drug-likeness (QED) is 0.304. The van der Waals surface area contributed by atoms with Crippen LogP contribution < -0.4 is 17.0 Å². The van der Waals surface area contributed by atoms with Crippen molar-refractivity contribution in [3.63, 3.8) is 0 Å². The lowest BCUT2D eigenvalue weighted by Gasteiger charge is -2.12. The Balaban J connectivity index is 3.89. The average Bonchev–Trinajstić information content (AvgIpc) is 2.01. The molecule has 2 amide bonds. The first-order valence-corrected chi connectivity index (χ1v) is 4.30. The molecule has 0 saturated heterocycles. The highest BCUT2D eigenvalue weighted by Crippen LogP contribution is 2.19. The number of nitrogens with two attached hydrogens (primary N) is 2. The molecule has 0 unspecified atom stereocenters. The number of primary amides is 1. The highest BCUT2D eigenvalue weighted by molar-refractivity contribution is 8.00. The van der Waals surface area contributed by atoms with E-state index in [1.165, 1.54) is 5.43 Å². The van der Waals surface area contributed by atoms with Gasteiger partial charge in [0.1, 0.15) is 0 Å².